The normalized spacial score (nSPS) is 9.89. The number of amides is 1. The maximum Gasteiger partial charge on any atom is 0.416 e. The molecular weight excluding hydrogens is 250 g/mol. The van der Waals surface area contributed by atoms with Crippen LogP contribution in [0.1, 0.15) is 13.8 Å². The number of nitrogens with one attached hydrogen (secondary N) is 1. The topological polar surface area (TPSA) is 103 Å². The van der Waals surface area contributed by atoms with Gasteiger partial charge in [0, 0.05) is 20.6 Å². The van der Waals surface area contributed by atoms with Gasteiger partial charge in [0.2, 0.25) is 11.8 Å². The van der Waals surface area contributed by atoms with Gasteiger partial charge < -0.3 is 25.4 Å². The van der Waals surface area contributed by atoms with Crippen LogP contribution in [0.5, 0.6) is 11.8 Å². The summed E-state index contributed by atoms with van der Waals surface area (Å²) in [6, 6.07) is 0. The number of nitrogens with two attached hydrogens (primary N) is 1. The molecule has 19 heavy (non-hydrogen) atoms. The van der Waals surface area contributed by atoms with E-state index in [0.717, 1.165) is 0 Å². The van der Waals surface area contributed by atoms with Crippen LogP contribution in [0.25, 0.3) is 0 Å². The molecule has 8 nitrogen and oxygen atoms in total. The zero-order valence-corrected chi connectivity index (χ0v) is 11.6. The van der Waals surface area contributed by atoms with E-state index in [-0.39, 0.29) is 17.7 Å². The van der Waals surface area contributed by atoms with Gasteiger partial charge in [0.1, 0.15) is 0 Å². The lowest BCUT2D eigenvalue weighted by Crippen LogP contribution is -2.30. The highest BCUT2D eigenvalue weighted by atomic mass is 16.6. The lowest BCUT2D eigenvalue weighted by Gasteiger charge is -2.16. The SMILES string of the molecule is CCOc1nc(N)nc(OC(=O)N(C)CC)c1NC. The molecule has 1 aromatic rings. The Kier molecular flexibility index (Phi) is 5.16. The van der Waals surface area contributed by atoms with Crippen molar-refractivity contribution in [3.05, 3.63) is 0 Å². The number of rotatable bonds is 5. The molecule has 0 spiro atoms. The van der Waals surface area contributed by atoms with Crippen LogP contribution in [-0.4, -0.2) is 48.2 Å². The molecular formula is C11H19N5O3. The number of ether oxygens (including phenoxy) is 2. The smallest absolute Gasteiger partial charge is 0.416 e. The molecule has 0 aliphatic carbocycles. The predicted octanol–water partition coefficient (Wildman–Crippen LogP) is 0.950. The number of hydrogen-bond donors (Lipinski definition) is 2. The summed E-state index contributed by atoms with van der Waals surface area (Å²) in [5.74, 6) is 0.271. The Labute approximate surface area is 111 Å². The van der Waals surface area contributed by atoms with Gasteiger partial charge in [-0.15, -0.1) is 0 Å². The molecule has 0 radical (unpaired) electrons. The molecule has 0 unspecified atom stereocenters. The first-order valence-electron chi connectivity index (χ1n) is 5.94. The second-order valence-corrected chi connectivity index (χ2v) is 3.63. The number of hydrogen-bond acceptors (Lipinski definition) is 7. The Morgan fingerprint density at radius 1 is 1.37 bits per heavy atom. The van der Waals surface area contributed by atoms with Crippen LogP contribution < -0.4 is 20.5 Å². The first-order chi connectivity index (χ1) is 9.03. The van der Waals surface area contributed by atoms with Crippen LogP contribution in [0.4, 0.5) is 16.4 Å². The second-order valence-electron chi connectivity index (χ2n) is 3.63. The molecule has 0 aliphatic heterocycles. The molecule has 1 heterocycles. The quantitative estimate of drug-likeness (QED) is 0.820. The van der Waals surface area contributed by atoms with E-state index in [4.69, 9.17) is 15.2 Å². The van der Waals surface area contributed by atoms with E-state index < -0.39 is 6.09 Å². The fourth-order valence-corrected chi connectivity index (χ4v) is 1.25. The van der Waals surface area contributed by atoms with E-state index in [9.17, 15) is 4.79 Å². The molecule has 0 saturated carbocycles. The largest absolute Gasteiger partial charge is 0.476 e. The van der Waals surface area contributed by atoms with Crippen LogP contribution in [0.15, 0.2) is 0 Å². The average Bonchev–Trinajstić information content (AvgIpc) is 2.37. The van der Waals surface area contributed by atoms with E-state index in [1.165, 1.54) is 4.90 Å². The minimum absolute atomic E-state index is 0.0237. The van der Waals surface area contributed by atoms with Crippen molar-refractivity contribution in [3.8, 4) is 11.8 Å². The number of anilines is 2. The molecule has 8 heteroatoms. The maximum atomic E-state index is 11.7. The fraction of sp³-hybridized carbons (Fsp3) is 0.545. The van der Waals surface area contributed by atoms with Crippen LogP contribution in [-0.2, 0) is 0 Å². The maximum absolute atomic E-state index is 11.7. The second kappa shape index (κ2) is 6.62. The van der Waals surface area contributed by atoms with E-state index in [0.29, 0.717) is 18.8 Å². The lowest BCUT2D eigenvalue weighted by atomic mass is 10.4. The Morgan fingerprint density at radius 2 is 2.00 bits per heavy atom. The monoisotopic (exact) mass is 269 g/mol. The highest BCUT2D eigenvalue weighted by Crippen LogP contribution is 2.31. The van der Waals surface area contributed by atoms with Gasteiger partial charge in [-0.3, -0.25) is 0 Å². The zero-order chi connectivity index (χ0) is 14.4. The molecule has 0 fully saturated rings. The number of carbonyl (C=O) groups is 1. The molecule has 0 aliphatic rings. The van der Waals surface area contributed by atoms with E-state index in [1.807, 2.05) is 13.8 Å². The van der Waals surface area contributed by atoms with Crippen LogP contribution >= 0.6 is 0 Å². The van der Waals surface area contributed by atoms with Gasteiger partial charge in [-0.1, -0.05) is 0 Å². The lowest BCUT2D eigenvalue weighted by molar-refractivity contribution is 0.163. The van der Waals surface area contributed by atoms with Crippen LogP contribution in [0.3, 0.4) is 0 Å². The minimum atomic E-state index is -0.528. The van der Waals surface area contributed by atoms with Crippen LogP contribution in [0, 0.1) is 0 Å². The first kappa shape index (κ1) is 14.8. The van der Waals surface area contributed by atoms with E-state index >= 15 is 0 Å². The molecule has 0 atom stereocenters. The molecule has 0 saturated heterocycles. The summed E-state index contributed by atoms with van der Waals surface area (Å²) in [6.07, 6.45) is -0.528. The number of nitrogens with zero attached hydrogens (tertiary/aromatic N) is 3. The Bertz CT molecular complexity index is 452. The Hall–Kier alpha value is -2.25. The van der Waals surface area contributed by atoms with Gasteiger partial charge >= 0.3 is 6.09 Å². The van der Waals surface area contributed by atoms with Gasteiger partial charge in [0.25, 0.3) is 5.88 Å². The van der Waals surface area contributed by atoms with E-state index in [1.54, 1.807) is 14.1 Å². The van der Waals surface area contributed by atoms with Gasteiger partial charge in [0.05, 0.1) is 6.61 Å². The van der Waals surface area contributed by atoms with Gasteiger partial charge in [0.15, 0.2) is 5.69 Å². The van der Waals surface area contributed by atoms with Crippen molar-refractivity contribution < 1.29 is 14.3 Å². The van der Waals surface area contributed by atoms with Crippen LogP contribution in [0.2, 0.25) is 0 Å². The summed E-state index contributed by atoms with van der Waals surface area (Å²) in [6.45, 7) is 4.58. The van der Waals surface area contributed by atoms with Crippen molar-refractivity contribution in [2.24, 2.45) is 0 Å². The fourth-order valence-electron chi connectivity index (χ4n) is 1.25. The molecule has 0 aromatic carbocycles. The Balaban J connectivity index is 3.08. The first-order valence-corrected chi connectivity index (χ1v) is 5.94. The molecule has 0 bridgehead atoms. The minimum Gasteiger partial charge on any atom is -0.476 e. The third-order valence-electron chi connectivity index (χ3n) is 2.36. The highest BCUT2D eigenvalue weighted by molar-refractivity contribution is 5.74. The van der Waals surface area contributed by atoms with Crippen molar-refractivity contribution in [3.63, 3.8) is 0 Å². The van der Waals surface area contributed by atoms with Gasteiger partial charge in [-0.25, -0.2) is 4.79 Å². The van der Waals surface area contributed by atoms with Crippen molar-refractivity contribution in [2.75, 3.05) is 38.3 Å². The molecule has 1 rings (SSSR count). The van der Waals surface area contributed by atoms with Gasteiger partial charge in [-0.05, 0) is 13.8 Å². The Morgan fingerprint density at radius 3 is 2.53 bits per heavy atom. The predicted molar refractivity (Wildman–Crippen MR) is 71.5 cm³/mol. The molecule has 106 valence electrons. The van der Waals surface area contributed by atoms with Crippen molar-refractivity contribution >= 4 is 17.7 Å². The van der Waals surface area contributed by atoms with Crippen molar-refractivity contribution in [2.45, 2.75) is 13.8 Å². The summed E-state index contributed by atoms with van der Waals surface area (Å²) in [5.41, 5.74) is 5.95. The summed E-state index contributed by atoms with van der Waals surface area (Å²) in [4.78, 5) is 21.0. The third kappa shape index (κ3) is 3.60. The third-order valence-corrected chi connectivity index (χ3v) is 2.36. The van der Waals surface area contributed by atoms with Gasteiger partial charge in [-0.2, -0.15) is 9.97 Å². The summed E-state index contributed by atoms with van der Waals surface area (Å²) in [7, 11) is 3.27. The average molecular weight is 269 g/mol. The molecule has 1 amide bonds. The highest BCUT2D eigenvalue weighted by Gasteiger charge is 2.19. The molecule has 1 aromatic heterocycles. The van der Waals surface area contributed by atoms with Crippen molar-refractivity contribution in [1.82, 2.24) is 14.9 Å². The summed E-state index contributed by atoms with van der Waals surface area (Å²) < 4.78 is 10.5. The zero-order valence-electron chi connectivity index (χ0n) is 11.6. The number of carbonyl (C=O) groups excluding carboxylic acids is 1. The number of nitrogen functional groups attached to an aromatic ring is 1. The summed E-state index contributed by atoms with van der Waals surface area (Å²) >= 11 is 0. The number of aromatic nitrogens is 2. The standard InChI is InChI=1S/C11H19N5O3/c1-5-16(4)11(17)19-9-7(13-3)8(18-6-2)14-10(12)15-9/h13H,5-6H2,1-4H3,(H2,12,14,15). The summed E-state index contributed by atoms with van der Waals surface area (Å²) in [5, 5.41) is 2.84. The molecule has 3 N–H and O–H groups in total. The van der Waals surface area contributed by atoms with E-state index in [2.05, 4.69) is 15.3 Å². The van der Waals surface area contributed by atoms with Crippen molar-refractivity contribution in [1.29, 1.82) is 0 Å².